The first-order valence-electron chi connectivity index (χ1n) is 7.50. The quantitative estimate of drug-likeness (QED) is 0.870. The number of fused-ring (bicyclic) bond motifs is 1. The maximum atomic E-state index is 13.8. The fraction of sp³-hybridized carbons (Fsp3) is 0.222. The van der Waals surface area contributed by atoms with E-state index in [1.807, 2.05) is 18.2 Å². The number of thioether (sulfide) groups is 1. The SMILES string of the molecule is CN(Cc1ccccc1F)C(=O)C1(C)Sc2ccccc2NC1=O. The lowest BCUT2D eigenvalue weighted by Gasteiger charge is -2.34. The summed E-state index contributed by atoms with van der Waals surface area (Å²) in [6, 6.07) is 13.7. The van der Waals surface area contributed by atoms with Crippen LogP contribution in [0.5, 0.6) is 0 Å². The summed E-state index contributed by atoms with van der Waals surface area (Å²) in [7, 11) is 1.58. The largest absolute Gasteiger partial charge is 0.340 e. The second-order valence-corrected chi connectivity index (χ2v) is 7.30. The molecule has 2 aromatic carbocycles. The van der Waals surface area contributed by atoms with Crippen LogP contribution in [0.2, 0.25) is 0 Å². The van der Waals surface area contributed by atoms with E-state index in [-0.39, 0.29) is 24.2 Å². The topological polar surface area (TPSA) is 49.4 Å². The van der Waals surface area contributed by atoms with E-state index in [9.17, 15) is 14.0 Å². The van der Waals surface area contributed by atoms with Crippen LogP contribution in [0.25, 0.3) is 0 Å². The highest BCUT2D eigenvalue weighted by Gasteiger charge is 2.47. The van der Waals surface area contributed by atoms with Crippen molar-refractivity contribution in [3.05, 3.63) is 59.9 Å². The Morgan fingerprint density at radius 2 is 1.88 bits per heavy atom. The maximum Gasteiger partial charge on any atom is 0.250 e. The number of nitrogens with zero attached hydrogens (tertiary/aromatic N) is 1. The Morgan fingerprint density at radius 3 is 2.62 bits per heavy atom. The molecule has 1 N–H and O–H groups in total. The predicted molar refractivity (Wildman–Crippen MR) is 92.2 cm³/mol. The summed E-state index contributed by atoms with van der Waals surface area (Å²) in [4.78, 5) is 27.6. The standard InChI is InChI=1S/C18H17FN2O2S/c1-18(16(22)20-14-9-5-6-10-15(14)24-18)17(23)21(2)11-12-7-3-4-8-13(12)19/h3-10H,11H2,1-2H3,(H,20,22). The highest BCUT2D eigenvalue weighted by atomic mass is 32.2. The van der Waals surface area contributed by atoms with Crippen LogP contribution in [0.15, 0.2) is 53.4 Å². The van der Waals surface area contributed by atoms with E-state index in [2.05, 4.69) is 5.32 Å². The van der Waals surface area contributed by atoms with E-state index in [1.165, 1.54) is 22.7 Å². The van der Waals surface area contributed by atoms with Gasteiger partial charge in [0.2, 0.25) is 11.8 Å². The fourth-order valence-electron chi connectivity index (χ4n) is 2.63. The third-order valence-corrected chi connectivity index (χ3v) is 5.35. The molecule has 0 saturated carbocycles. The predicted octanol–water partition coefficient (Wildman–Crippen LogP) is 3.29. The Bertz CT molecular complexity index is 811. The number of hydrogen-bond donors (Lipinski definition) is 1. The number of halogens is 1. The average molecular weight is 344 g/mol. The minimum Gasteiger partial charge on any atom is -0.340 e. The molecule has 0 fully saturated rings. The highest BCUT2D eigenvalue weighted by molar-refractivity contribution is 8.02. The lowest BCUT2D eigenvalue weighted by atomic mass is 10.1. The molecule has 1 atom stereocenters. The van der Waals surface area contributed by atoms with Gasteiger partial charge in [0.15, 0.2) is 4.75 Å². The summed E-state index contributed by atoms with van der Waals surface area (Å²) >= 11 is 1.22. The molecule has 2 aromatic rings. The number of benzene rings is 2. The van der Waals surface area contributed by atoms with E-state index in [1.54, 1.807) is 38.2 Å². The Morgan fingerprint density at radius 1 is 1.21 bits per heavy atom. The minimum absolute atomic E-state index is 0.108. The van der Waals surface area contributed by atoms with E-state index < -0.39 is 4.75 Å². The monoisotopic (exact) mass is 344 g/mol. The summed E-state index contributed by atoms with van der Waals surface area (Å²) in [5, 5.41) is 2.78. The summed E-state index contributed by atoms with van der Waals surface area (Å²) < 4.78 is 12.5. The number of anilines is 1. The Labute approximate surface area is 144 Å². The van der Waals surface area contributed by atoms with Crippen LogP contribution in [0, 0.1) is 5.82 Å². The maximum absolute atomic E-state index is 13.8. The molecule has 0 saturated heterocycles. The molecule has 6 heteroatoms. The van der Waals surface area contributed by atoms with Crippen molar-refractivity contribution in [2.24, 2.45) is 0 Å². The van der Waals surface area contributed by atoms with Crippen LogP contribution < -0.4 is 5.32 Å². The van der Waals surface area contributed by atoms with Gasteiger partial charge in [-0.3, -0.25) is 9.59 Å². The molecule has 1 unspecified atom stereocenters. The molecular weight excluding hydrogens is 327 g/mol. The molecule has 3 rings (SSSR count). The van der Waals surface area contributed by atoms with Gasteiger partial charge < -0.3 is 10.2 Å². The van der Waals surface area contributed by atoms with Gasteiger partial charge in [0.25, 0.3) is 0 Å². The highest BCUT2D eigenvalue weighted by Crippen LogP contribution is 2.43. The van der Waals surface area contributed by atoms with Gasteiger partial charge in [-0.1, -0.05) is 42.1 Å². The zero-order valence-electron chi connectivity index (χ0n) is 13.4. The van der Waals surface area contributed by atoms with Gasteiger partial charge in [-0.15, -0.1) is 0 Å². The number of para-hydroxylation sites is 1. The summed E-state index contributed by atoms with van der Waals surface area (Å²) in [5.41, 5.74) is 1.12. The number of hydrogen-bond acceptors (Lipinski definition) is 3. The Balaban J connectivity index is 1.83. The zero-order chi connectivity index (χ0) is 17.3. The molecule has 1 aliphatic rings. The first kappa shape index (κ1) is 16.5. The third-order valence-electron chi connectivity index (χ3n) is 4.00. The normalized spacial score (nSPS) is 19.4. The van der Waals surface area contributed by atoms with Gasteiger partial charge >= 0.3 is 0 Å². The second kappa shape index (κ2) is 6.28. The fourth-order valence-corrected chi connectivity index (χ4v) is 3.83. The smallest absolute Gasteiger partial charge is 0.250 e. The lowest BCUT2D eigenvalue weighted by Crippen LogP contribution is -2.52. The number of nitrogens with one attached hydrogen (secondary N) is 1. The number of carbonyl (C=O) groups is 2. The Hall–Kier alpha value is -2.34. The molecule has 2 amide bonds. The summed E-state index contributed by atoms with van der Waals surface area (Å²) in [6.45, 7) is 1.71. The van der Waals surface area contributed by atoms with E-state index in [0.717, 1.165) is 4.90 Å². The van der Waals surface area contributed by atoms with Crippen molar-refractivity contribution in [2.75, 3.05) is 12.4 Å². The van der Waals surface area contributed by atoms with E-state index >= 15 is 0 Å². The van der Waals surface area contributed by atoms with Gasteiger partial charge in [0, 0.05) is 24.1 Å². The first-order valence-corrected chi connectivity index (χ1v) is 8.32. The third kappa shape index (κ3) is 2.89. The van der Waals surface area contributed by atoms with Crippen LogP contribution in [-0.2, 0) is 16.1 Å². The van der Waals surface area contributed by atoms with Crippen LogP contribution in [0.4, 0.5) is 10.1 Å². The number of carbonyl (C=O) groups excluding carboxylic acids is 2. The number of rotatable bonds is 3. The Kier molecular flexibility index (Phi) is 4.32. The van der Waals surface area contributed by atoms with Crippen molar-refractivity contribution >= 4 is 29.3 Å². The first-order chi connectivity index (χ1) is 11.4. The molecule has 0 spiro atoms. The number of amides is 2. The molecule has 0 radical (unpaired) electrons. The molecule has 1 aliphatic heterocycles. The van der Waals surface area contributed by atoms with Crippen LogP contribution in [0.3, 0.4) is 0 Å². The molecular formula is C18H17FN2O2S. The van der Waals surface area contributed by atoms with Gasteiger partial charge in [-0.05, 0) is 25.1 Å². The van der Waals surface area contributed by atoms with Crippen molar-refractivity contribution in [2.45, 2.75) is 23.1 Å². The van der Waals surface area contributed by atoms with E-state index in [0.29, 0.717) is 11.3 Å². The molecule has 0 aliphatic carbocycles. The van der Waals surface area contributed by atoms with Crippen LogP contribution in [-0.4, -0.2) is 28.5 Å². The van der Waals surface area contributed by atoms with Crippen molar-refractivity contribution in [1.82, 2.24) is 4.90 Å². The molecule has 4 nitrogen and oxygen atoms in total. The van der Waals surface area contributed by atoms with Crippen molar-refractivity contribution in [1.29, 1.82) is 0 Å². The van der Waals surface area contributed by atoms with Crippen molar-refractivity contribution < 1.29 is 14.0 Å². The molecule has 0 bridgehead atoms. The van der Waals surface area contributed by atoms with E-state index in [4.69, 9.17) is 0 Å². The minimum atomic E-state index is -1.28. The zero-order valence-corrected chi connectivity index (χ0v) is 14.2. The van der Waals surface area contributed by atoms with Crippen LogP contribution in [0.1, 0.15) is 12.5 Å². The average Bonchev–Trinajstić information content (AvgIpc) is 2.57. The van der Waals surface area contributed by atoms with Gasteiger partial charge in [-0.25, -0.2) is 4.39 Å². The molecule has 1 heterocycles. The molecule has 124 valence electrons. The summed E-state index contributed by atoms with van der Waals surface area (Å²) in [6.07, 6.45) is 0. The molecule has 0 aromatic heterocycles. The van der Waals surface area contributed by atoms with Crippen LogP contribution >= 0.6 is 11.8 Å². The second-order valence-electron chi connectivity index (χ2n) is 5.84. The van der Waals surface area contributed by atoms with Gasteiger partial charge in [0.1, 0.15) is 5.82 Å². The van der Waals surface area contributed by atoms with Crippen molar-refractivity contribution in [3.63, 3.8) is 0 Å². The lowest BCUT2D eigenvalue weighted by molar-refractivity contribution is -0.137. The molecule has 24 heavy (non-hydrogen) atoms. The van der Waals surface area contributed by atoms with Gasteiger partial charge in [0.05, 0.1) is 5.69 Å². The summed E-state index contributed by atoms with van der Waals surface area (Å²) in [5.74, 6) is -1.09. The van der Waals surface area contributed by atoms with Crippen molar-refractivity contribution in [3.8, 4) is 0 Å². The van der Waals surface area contributed by atoms with Gasteiger partial charge in [-0.2, -0.15) is 0 Å².